The Hall–Kier alpha value is 0.0400. The summed E-state index contributed by atoms with van der Waals surface area (Å²) in [6.45, 7) is 2.36. The van der Waals surface area contributed by atoms with Crippen molar-refractivity contribution in [2.75, 3.05) is 5.32 Å². The van der Waals surface area contributed by atoms with Crippen LogP contribution in [0.4, 0.5) is 5.69 Å². The van der Waals surface area contributed by atoms with Gasteiger partial charge in [0.2, 0.25) is 0 Å². The predicted molar refractivity (Wildman–Crippen MR) is 83.8 cm³/mol. The van der Waals surface area contributed by atoms with Crippen molar-refractivity contribution in [3.8, 4) is 0 Å². The van der Waals surface area contributed by atoms with Crippen molar-refractivity contribution in [1.82, 2.24) is 0 Å². The molecule has 1 fully saturated rings. The number of hydrogen-bond acceptors (Lipinski definition) is 1. The molecular formula is C14H19ClIN. The second-order valence-electron chi connectivity index (χ2n) is 5.08. The molecule has 0 aliphatic heterocycles. The van der Waals surface area contributed by atoms with Gasteiger partial charge in [-0.3, -0.25) is 0 Å². The summed E-state index contributed by atoms with van der Waals surface area (Å²) in [5.41, 5.74) is 1.10. The summed E-state index contributed by atoms with van der Waals surface area (Å²) in [4.78, 5) is 0. The Bertz CT molecular complexity index is 380. The average molecular weight is 364 g/mol. The van der Waals surface area contributed by atoms with Crippen molar-refractivity contribution in [2.45, 2.75) is 45.1 Å². The van der Waals surface area contributed by atoms with Gasteiger partial charge < -0.3 is 5.32 Å². The van der Waals surface area contributed by atoms with Crippen molar-refractivity contribution >= 4 is 39.9 Å². The third-order valence-electron chi connectivity index (χ3n) is 3.55. The molecule has 1 N–H and O–H groups in total. The van der Waals surface area contributed by atoms with Gasteiger partial charge in [-0.05, 0) is 66.0 Å². The molecule has 0 saturated heterocycles. The molecule has 1 aliphatic rings. The van der Waals surface area contributed by atoms with Crippen LogP contribution in [-0.2, 0) is 0 Å². The van der Waals surface area contributed by atoms with E-state index in [1.807, 2.05) is 12.1 Å². The molecule has 1 saturated carbocycles. The molecular weight excluding hydrogens is 345 g/mol. The zero-order valence-electron chi connectivity index (χ0n) is 10.2. The van der Waals surface area contributed by atoms with Crippen molar-refractivity contribution in [3.63, 3.8) is 0 Å². The van der Waals surface area contributed by atoms with Gasteiger partial charge in [-0.25, -0.2) is 0 Å². The first-order valence-corrected chi connectivity index (χ1v) is 7.82. The molecule has 1 nitrogen and oxygen atoms in total. The molecule has 2 atom stereocenters. The second kappa shape index (κ2) is 6.28. The van der Waals surface area contributed by atoms with Gasteiger partial charge in [0, 0.05) is 9.61 Å². The highest BCUT2D eigenvalue weighted by molar-refractivity contribution is 14.1. The van der Waals surface area contributed by atoms with Gasteiger partial charge in [0.05, 0.1) is 10.7 Å². The fourth-order valence-electron chi connectivity index (χ4n) is 2.46. The minimum atomic E-state index is 0.593. The topological polar surface area (TPSA) is 12.0 Å². The molecule has 0 amide bonds. The number of rotatable bonds is 2. The lowest BCUT2D eigenvalue weighted by Crippen LogP contribution is -2.18. The second-order valence-corrected chi connectivity index (χ2v) is 6.73. The highest BCUT2D eigenvalue weighted by Gasteiger charge is 2.16. The van der Waals surface area contributed by atoms with Gasteiger partial charge in [0.1, 0.15) is 0 Å². The predicted octanol–water partition coefficient (Wildman–Crippen LogP) is 5.33. The van der Waals surface area contributed by atoms with E-state index < -0.39 is 0 Å². The van der Waals surface area contributed by atoms with Gasteiger partial charge in [-0.1, -0.05) is 31.4 Å². The summed E-state index contributed by atoms with van der Waals surface area (Å²) in [6, 6.07) is 6.75. The Labute approximate surface area is 122 Å². The normalized spacial score (nSPS) is 25.4. The van der Waals surface area contributed by atoms with Crippen LogP contribution >= 0.6 is 34.2 Å². The lowest BCUT2D eigenvalue weighted by molar-refractivity contribution is 0.502. The molecule has 3 heteroatoms. The molecule has 0 spiro atoms. The van der Waals surface area contributed by atoms with Gasteiger partial charge >= 0.3 is 0 Å². The standard InChI is InChI=1S/C14H19ClIN/c1-10-3-2-4-12(7-5-10)17-14-9-11(16)6-8-13(14)15/h6,8-10,12,17H,2-5,7H2,1H3. The summed E-state index contributed by atoms with van der Waals surface area (Å²) in [5.74, 6) is 0.883. The van der Waals surface area contributed by atoms with Crippen molar-refractivity contribution in [3.05, 3.63) is 26.8 Å². The minimum absolute atomic E-state index is 0.593. The molecule has 0 aromatic heterocycles. The number of nitrogens with one attached hydrogen (secondary N) is 1. The number of hydrogen-bond donors (Lipinski definition) is 1. The quantitative estimate of drug-likeness (QED) is 0.553. The van der Waals surface area contributed by atoms with Crippen LogP contribution in [0, 0.1) is 9.49 Å². The maximum atomic E-state index is 6.22. The maximum Gasteiger partial charge on any atom is 0.0638 e. The Morgan fingerprint density at radius 1 is 1.24 bits per heavy atom. The monoisotopic (exact) mass is 363 g/mol. The van der Waals surface area contributed by atoms with Crippen LogP contribution in [0.15, 0.2) is 18.2 Å². The summed E-state index contributed by atoms with van der Waals surface area (Å²) >= 11 is 8.55. The first-order valence-electron chi connectivity index (χ1n) is 6.37. The van der Waals surface area contributed by atoms with Crippen LogP contribution in [0.1, 0.15) is 39.0 Å². The van der Waals surface area contributed by atoms with Crippen LogP contribution in [0.3, 0.4) is 0 Å². The van der Waals surface area contributed by atoms with Gasteiger partial charge in [0.15, 0.2) is 0 Å². The number of halogens is 2. The summed E-state index contributed by atoms with van der Waals surface area (Å²) in [5, 5.41) is 4.45. The Morgan fingerprint density at radius 3 is 2.88 bits per heavy atom. The fourth-order valence-corrected chi connectivity index (χ4v) is 3.12. The van der Waals surface area contributed by atoms with Crippen LogP contribution < -0.4 is 5.32 Å². The van der Waals surface area contributed by atoms with Crippen LogP contribution in [-0.4, -0.2) is 6.04 Å². The Balaban J connectivity index is 2.02. The van der Waals surface area contributed by atoms with E-state index in [1.165, 1.54) is 35.7 Å². The first-order chi connectivity index (χ1) is 8.15. The van der Waals surface area contributed by atoms with E-state index in [-0.39, 0.29) is 0 Å². The molecule has 1 aliphatic carbocycles. The zero-order chi connectivity index (χ0) is 12.3. The van der Waals surface area contributed by atoms with E-state index in [2.05, 4.69) is 40.9 Å². The van der Waals surface area contributed by atoms with Crippen molar-refractivity contribution in [1.29, 1.82) is 0 Å². The summed E-state index contributed by atoms with van der Waals surface area (Å²) < 4.78 is 1.23. The fraction of sp³-hybridized carbons (Fsp3) is 0.571. The van der Waals surface area contributed by atoms with Crippen LogP contribution in [0.2, 0.25) is 5.02 Å². The molecule has 0 bridgehead atoms. The van der Waals surface area contributed by atoms with Gasteiger partial charge in [-0.2, -0.15) is 0 Å². The van der Waals surface area contributed by atoms with E-state index in [1.54, 1.807) is 0 Å². The molecule has 2 unspecified atom stereocenters. The van der Waals surface area contributed by atoms with E-state index in [0.29, 0.717) is 6.04 Å². The number of benzene rings is 1. The summed E-state index contributed by atoms with van der Waals surface area (Å²) in [6.07, 6.45) is 6.58. The lowest BCUT2D eigenvalue weighted by atomic mass is 10.0. The lowest BCUT2D eigenvalue weighted by Gasteiger charge is -2.19. The molecule has 2 rings (SSSR count). The third-order valence-corrected chi connectivity index (χ3v) is 4.55. The largest absolute Gasteiger partial charge is 0.381 e. The molecule has 0 heterocycles. The van der Waals surface area contributed by atoms with Crippen LogP contribution in [0.5, 0.6) is 0 Å². The van der Waals surface area contributed by atoms with E-state index in [0.717, 1.165) is 16.6 Å². The molecule has 0 radical (unpaired) electrons. The van der Waals surface area contributed by atoms with Gasteiger partial charge in [0.25, 0.3) is 0 Å². The Kier molecular flexibility index (Phi) is 4.97. The molecule has 1 aromatic rings. The van der Waals surface area contributed by atoms with E-state index >= 15 is 0 Å². The first kappa shape index (κ1) is 13.5. The molecule has 94 valence electrons. The zero-order valence-corrected chi connectivity index (χ0v) is 13.1. The van der Waals surface area contributed by atoms with E-state index in [4.69, 9.17) is 11.6 Å². The Morgan fingerprint density at radius 2 is 2.06 bits per heavy atom. The van der Waals surface area contributed by atoms with E-state index in [9.17, 15) is 0 Å². The maximum absolute atomic E-state index is 6.22. The average Bonchev–Trinajstić information content (AvgIpc) is 2.49. The highest BCUT2D eigenvalue weighted by Crippen LogP contribution is 2.29. The third kappa shape index (κ3) is 4.02. The summed E-state index contributed by atoms with van der Waals surface area (Å²) in [7, 11) is 0. The SMILES string of the molecule is CC1CCCC(Nc2cc(I)ccc2Cl)CC1. The number of anilines is 1. The smallest absolute Gasteiger partial charge is 0.0638 e. The molecule has 17 heavy (non-hydrogen) atoms. The van der Waals surface area contributed by atoms with Crippen molar-refractivity contribution < 1.29 is 0 Å². The van der Waals surface area contributed by atoms with Crippen molar-refractivity contribution in [2.24, 2.45) is 5.92 Å². The molecule has 1 aromatic carbocycles. The van der Waals surface area contributed by atoms with Crippen LogP contribution in [0.25, 0.3) is 0 Å². The highest BCUT2D eigenvalue weighted by atomic mass is 127. The minimum Gasteiger partial charge on any atom is -0.381 e. The van der Waals surface area contributed by atoms with Gasteiger partial charge in [-0.15, -0.1) is 0 Å².